The minimum atomic E-state index is -0.429. The van der Waals surface area contributed by atoms with Crippen LogP contribution in [0.4, 0.5) is 4.39 Å². The van der Waals surface area contributed by atoms with Gasteiger partial charge in [-0.3, -0.25) is 0 Å². The Bertz CT molecular complexity index is 752. The highest BCUT2D eigenvalue weighted by Crippen LogP contribution is 2.29. The van der Waals surface area contributed by atoms with Gasteiger partial charge in [-0.2, -0.15) is 4.98 Å². The molecule has 0 aliphatic rings. The van der Waals surface area contributed by atoms with Crippen molar-refractivity contribution in [2.24, 2.45) is 0 Å². The summed E-state index contributed by atoms with van der Waals surface area (Å²) in [6, 6.07) is 8.03. The molecule has 0 aliphatic heterocycles. The Morgan fingerprint density at radius 2 is 2.10 bits per heavy atom. The highest BCUT2D eigenvalue weighted by molar-refractivity contribution is 6.33. The second-order valence-corrected chi connectivity index (χ2v) is 4.54. The van der Waals surface area contributed by atoms with Crippen molar-refractivity contribution >= 4 is 22.8 Å². The average Bonchev–Trinajstić information content (AvgIpc) is 2.81. The Balaban J connectivity index is 2.13. The second-order valence-electron chi connectivity index (χ2n) is 4.14. The maximum Gasteiger partial charge on any atom is 0.215 e. The van der Waals surface area contributed by atoms with Crippen molar-refractivity contribution in [1.82, 2.24) is 15.0 Å². The average molecular weight is 292 g/mol. The summed E-state index contributed by atoms with van der Waals surface area (Å²) in [6.07, 6.45) is 0. The Labute approximate surface area is 119 Å². The first kappa shape index (κ1) is 12.9. The van der Waals surface area contributed by atoms with E-state index in [0.29, 0.717) is 34.5 Å². The molecule has 0 aliphatic carbocycles. The van der Waals surface area contributed by atoms with Crippen LogP contribution < -0.4 is 4.74 Å². The second kappa shape index (κ2) is 5.09. The van der Waals surface area contributed by atoms with E-state index in [4.69, 9.17) is 16.3 Å². The Morgan fingerprint density at radius 3 is 2.85 bits per heavy atom. The van der Waals surface area contributed by atoms with Crippen LogP contribution in [0.1, 0.15) is 6.92 Å². The van der Waals surface area contributed by atoms with Gasteiger partial charge in [-0.05, 0) is 25.1 Å². The van der Waals surface area contributed by atoms with Crippen molar-refractivity contribution in [2.45, 2.75) is 6.92 Å². The summed E-state index contributed by atoms with van der Waals surface area (Å²) in [5.74, 6) is 0.406. The standard InChI is InChI=1S/C14H11ClFN3O/c1-2-20-11-7-6-10-13(18-11)19-14(17-10)12-8(15)4-3-5-9(12)16/h3-7H,2H2,1H3,(H,17,18,19). The summed E-state index contributed by atoms with van der Waals surface area (Å²) in [5, 5.41) is 0.300. The third kappa shape index (κ3) is 2.20. The number of H-pyrrole nitrogens is 1. The van der Waals surface area contributed by atoms with Crippen LogP contribution in [0.3, 0.4) is 0 Å². The molecule has 0 atom stereocenters. The molecule has 6 heteroatoms. The maximum absolute atomic E-state index is 13.9. The van der Waals surface area contributed by atoms with E-state index >= 15 is 0 Å². The zero-order chi connectivity index (χ0) is 14.1. The molecule has 4 nitrogen and oxygen atoms in total. The lowest BCUT2D eigenvalue weighted by atomic mass is 10.2. The summed E-state index contributed by atoms with van der Waals surface area (Å²) >= 11 is 6.03. The molecule has 0 amide bonds. The van der Waals surface area contributed by atoms with Gasteiger partial charge < -0.3 is 9.72 Å². The molecule has 3 rings (SSSR count). The zero-order valence-electron chi connectivity index (χ0n) is 10.7. The van der Waals surface area contributed by atoms with Crippen molar-refractivity contribution < 1.29 is 9.13 Å². The van der Waals surface area contributed by atoms with Gasteiger partial charge in [0.25, 0.3) is 0 Å². The van der Waals surface area contributed by atoms with Crippen LogP contribution in [0.15, 0.2) is 30.3 Å². The number of hydrogen-bond donors (Lipinski definition) is 1. The third-order valence-electron chi connectivity index (χ3n) is 2.81. The predicted octanol–water partition coefficient (Wildman–Crippen LogP) is 3.82. The number of nitrogens with one attached hydrogen (secondary N) is 1. The summed E-state index contributed by atoms with van der Waals surface area (Å²) in [7, 11) is 0. The first-order valence-electron chi connectivity index (χ1n) is 6.13. The lowest BCUT2D eigenvalue weighted by Crippen LogP contribution is -1.93. The van der Waals surface area contributed by atoms with Gasteiger partial charge in [0.05, 0.1) is 22.7 Å². The SMILES string of the molecule is CCOc1ccc2[nH]c(-c3c(F)cccc3Cl)nc2n1. The molecule has 0 saturated carbocycles. The lowest BCUT2D eigenvalue weighted by Gasteiger charge is -2.01. The largest absolute Gasteiger partial charge is 0.478 e. The van der Waals surface area contributed by atoms with Gasteiger partial charge in [0.15, 0.2) is 5.65 Å². The van der Waals surface area contributed by atoms with Crippen molar-refractivity contribution in [3.8, 4) is 17.3 Å². The quantitative estimate of drug-likeness (QED) is 0.798. The summed E-state index contributed by atoms with van der Waals surface area (Å²) in [4.78, 5) is 11.5. The zero-order valence-corrected chi connectivity index (χ0v) is 11.4. The maximum atomic E-state index is 13.9. The van der Waals surface area contributed by atoms with Crippen LogP contribution in [0.2, 0.25) is 5.02 Å². The highest BCUT2D eigenvalue weighted by Gasteiger charge is 2.14. The molecule has 1 N–H and O–H groups in total. The highest BCUT2D eigenvalue weighted by atomic mass is 35.5. The first-order chi connectivity index (χ1) is 9.69. The molecule has 102 valence electrons. The molecule has 0 unspecified atom stereocenters. The van der Waals surface area contributed by atoms with E-state index < -0.39 is 5.82 Å². The Hall–Kier alpha value is -2.14. The van der Waals surface area contributed by atoms with Crippen molar-refractivity contribution in [3.05, 3.63) is 41.2 Å². The lowest BCUT2D eigenvalue weighted by molar-refractivity contribution is 0.328. The third-order valence-corrected chi connectivity index (χ3v) is 3.13. The molecule has 0 saturated heterocycles. The van der Waals surface area contributed by atoms with Crippen molar-refractivity contribution in [2.75, 3.05) is 6.61 Å². The molecule has 20 heavy (non-hydrogen) atoms. The number of fused-ring (bicyclic) bond motifs is 1. The van der Waals surface area contributed by atoms with E-state index in [-0.39, 0.29) is 5.56 Å². The fraction of sp³-hybridized carbons (Fsp3) is 0.143. The summed E-state index contributed by atoms with van der Waals surface area (Å²) in [5.41, 5.74) is 1.40. The van der Waals surface area contributed by atoms with Crippen LogP contribution in [0.5, 0.6) is 5.88 Å². The molecular weight excluding hydrogens is 281 g/mol. The molecule has 3 aromatic rings. The molecule has 1 aromatic carbocycles. The predicted molar refractivity (Wildman–Crippen MR) is 75.5 cm³/mol. The van der Waals surface area contributed by atoms with E-state index in [2.05, 4.69) is 15.0 Å². The summed E-state index contributed by atoms with van der Waals surface area (Å²) in [6.45, 7) is 2.40. The van der Waals surface area contributed by atoms with Crippen LogP contribution >= 0.6 is 11.6 Å². The van der Waals surface area contributed by atoms with Crippen molar-refractivity contribution in [1.29, 1.82) is 0 Å². The Kier molecular flexibility index (Phi) is 3.28. The van der Waals surface area contributed by atoms with E-state index in [1.807, 2.05) is 6.92 Å². The molecule has 0 bridgehead atoms. The van der Waals surface area contributed by atoms with Gasteiger partial charge >= 0.3 is 0 Å². The molecule has 0 spiro atoms. The van der Waals surface area contributed by atoms with Gasteiger partial charge in [-0.15, -0.1) is 0 Å². The number of hydrogen-bond acceptors (Lipinski definition) is 3. The number of aromatic amines is 1. The van der Waals surface area contributed by atoms with Gasteiger partial charge in [0, 0.05) is 6.07 Å². The van der Waals surface area contributed by atoms with Gasteiger partial charge in [0.2, 0.25) is 5.88 Å². The molecule has 2 heterocycles. The van der Waals surface area contributed by atoms with E-state index in [0.717, 1.165) is 0 Å². The van der Waals surface area contributed by atoms with Gasteiger partial charge in [-0.1, -0.05) is 17.7 Å². The van der Waals surface area contributed by atoms with Gasteiger partial charge in [-0.25, -0.2) is 9.37 Å². The normalized spacial score (nSPS) is 10.9. The number of ether oxygens (including phenoxy) is 1. The smallest absolute Gasteiger partial charge is 0.215 e. The van der Waals surface area contributed by atoms with Gasteiger partial charge in [0.1, 0.15) is 11.6 Å². The Morgan fingerprint density at radius 1 is 1.25 bits per heavy atom. The number of pyridine rings is 1. The number of aromatic nitrogens is 3. The number of rotatable bonds is 3. The first-order valence-corrected chi connectivity index (χ1v) is 6.50. The molecule has 0 fully saturated rings. The number of halogens is 2. The van der Waals surface area contributed by atoms with Crippen LogP contribution in [-0.2, 0) is 0 Å². The number of benzene rings is 1. The fourth-order valence-electron chi connectivity index (χ4n) is 1.95. The van der Waals surface area contributed by atoms with Crippen LogP contribution in [0.25, 0.3) is 22.6 Å². The van der Waals surface area contributed by atoms with Crippen molar-refractivity contribution in [3.63, 3.8) is 0 Å². The fourth-order valence-corrected chi connectivity index (χ4v) is 2.20. The van der Waals surface area contributed by atoms with E-state index in [1.165, 1.54) is 6.07 Å². The van der Waals surface area contributed by atoms with E-state index in [9.17, 15) is 4.39 Å². The van der Waals surface area contributed by atoms with E-state index in [1.54, 1.807) is 24.3 Å². The number of nitrogens with zero attached hydrogens (tertiary/aromatic N) is 2. The van der Waals surface area contributed by atoms with Crippen LogP contribution in [-0.4, -0.2) is 21.6 Å². The molecular formula is C14H11ClFN3O. The van der Waals surface area contributed by atoms with Crippen LogP contribution in [0, 0.1) is 5.82 Å². The monoisotopic (exact) mass is 291 g/mol. The summed E-state index contributed by atoms with van der Waals surface area (Å²) < 4.78 is 19.2. The molecule has 2 aromatic heterocycles. The minimum Gasteiger partial charge on any atom is -0.478 e. The number of imidazole rings is 1. The molecule has 0 radical (unpaired) electrons. The minimum absolute atomic E-state index is 0.241. The topological polar surface area (TPSA) is 50.8 Å².